The summed E-state index contributed by atoms with van der Waals surface area (Å²) in [5, 5.41) is 2.58. The van der Waals surface area contributed by atoms with Crippen LogP contribution in [0, 0.1) is 0 Å². The molecule has 1 aromatic carbocycles. The van der Waals surface area contributed by atoms with Gasteiger partial charge in [0.05, 0.1) is 7.11 Å². The van der Waals surface area contributed by atoms with Gasteiger partial charge in [0.1, 0.15) is 30.1 Å². The predicted octanol–water partition coefficient (Wildman–Crippen LogP) is 0.508. The Bertz CT molecular complexity index is 931. The number of nitrogens with one attached hydrogen (secondary N) is 1. The molecular formula is C22H27NO11. The SMILES string of the molecule is COC(=O)c1ccccc1O[C@H]1O[C@@H](COC(C)=O)[C@H](OC(C)=O)[C@@H](OC(C)=O)[C@@H]1NC(C)=O. The lowest BCUT2D eigenvalue weighted by molar-refractivity contribution is -0.257. The summed E-state index contributed by atoms with van der Waals surface area (Å²) in [6.07, 6.45) is -5.04. The van der Waals surface area contributed by atoms with Crippen LogP contribution in [0.4, 0.5) is 0 Å². The monoisotopic (exact) mass is 481 g/mol. The number of benzene rings is 1. The summed E-state index contributed by atoms with van der Waals surface area (Å²) in [5.41, 5.74) is 0.0675. The second kappa shape index (κ2) is 12.0. The first-order valence-corrected chi connectivity index (χ1v) is 10.3. The molecule has 1 N–H and O–H groups in total. The Hall–Kier alpha value is -3.67. The van der Waals surface area contributed by atoms with Gasteiger partial charge in [0.15, 0.2) is 12.2 Å². The minimum absolute atomic E-state index is 0.0495. The van der Waals surface area contributed by atoms with E-state index in [9.17, 15) is 24.0 Å². The van der Waals surface area contributed by atoms with Crippen molar-refractivity contribution in [2.24, 2.45) is 0 Å². The normalized spacial score (nSPS) is 23.7. The van der Waals surface area contributed by atoms with Gasteiger partial charge in [-0.2, -0.15) is 0 Å². The van der Waals surface area contributed by atoms with Crippen LogP contribution in [0.3, 0.4) is 0 Å². The highest BCUT2D eigenvalue weighted by molar-refractivity contribution is 5.92. The van der Waals surface area contributed by atoms with Crippen LogP contribution in [-0.2, 0) is 42.9 Å². The fraction of sp³-hybridized carbons (Fsp3) is 0.500. The van der Waals surface area contributed by atoms with E-state index in [0.717, 1.165) is 13.8 Å². The fourth-order valence-electron chi connectivity index (χ4n) is 3.36. The van der Waals surface area contributed by atoms with Crippen LogP contribution in [0.25, 0.3) is 0 Å². The minimum atomic E-state index is -1.36. The average Bonchev–Trinajstić information content (AvgIpc) is 2.75. The van der Waals surface area contributed by atoms with Crippen LogP contribution >= 0.6 is 0 Å². The third-order valence-electron chi connectivity index (χ3n) is 4.61. The quantitative estimate of drug-likeness (QED) is 0.408. The van der Waals surface area contributed by atoms with Crippen molar-refractivity contribution in [3.05, 3.63) is 29.8 Å². The number of para-hydroxylation sites is 1. The average molecular weight is 481 g/mol. The second-order valence-electron chi connectivity index (χ2n) is 7.33. The Labute approximate surface area is 195 Å². The summed E-state index contributed by atoms with van der Waals surface area (Å²) < 4.78 is 32.3. The van der Waals surface area contributed by atoms with E-state index in [-0.39, 0.29) is 17.9 Å². The first-order chi connectivity index (χ1) is 16.0. The molecule has 1 aliphatic rings. The standard InChI is InChI=1S/C22H27NO11/c1-11(24)23-18-20(32-14(4)27)19(31-13(3)26)17(10-30-12(2)25)34-22(18)33-16-9-7-6-8-15(16)21(28)29-5/h6-9,17-20,22H,10H2,1-5H3,(H,23,24)/t17-,18-,19-,20-,22-/m0/s1. The molecule has 1 heterocycles. The van der Waals surface area contributed by atoms with Gasteiger partial charge in [-0.15, -0.1) is 0 Å². The summed E-state index contributed by atoms with van der Waals surface area (Å²) in [6.45, 7) is 4.28. The molecule has 0 aromatic heterocycles. The molecule has 1 fully saturated rings. The van der Waals surface area contributed by atoms with Gasteiger partial charge < -0.3 is 33.7 Å². The van der Waals surface area contributed by atoms with Crippen molar-refractivity contribution in [1.29, 1.82) is 0 Å². The van der Waals surface area contributed by atoms with E-state index in [1.807, 2.05) is 0 Å². The topological polar surface area (TPSA) is 153 Å². The molecule has 0 spiro atoms. The number of esters is 4. The van der Waals surface area contributed by atoms with E-state index >= 15 is 0 Å². The molecule has 1 amide bonds. The summed E-state index contributed by atoms with van der Waals surface area (Å²) in [5.74, 6) is -3.26. The number of hydrogen-bond acceptors (Lipinski definition) is 11. The van der Waals surface area contributed by atoms with Gasteiger partial charge in [-0.1, -0.05) is 12.1 Å². The molecule has 0 radical (unpaired) electrons. The Kier molecular flexibility index (Phi) is 9.36. The third kappa shape index (κ3) is 7.17. The number of ether oxygens (including phenoxy) is 6. The third-order valence-corrected chi connectivity index (χ3v) is 4.61. The van der Waals surface area contributed by atoms with Gasteiger partial charge >= 0.3 is 23.9 Å². The molecule has 0 unspecified atom stereocenters. The van der Waals surface area contributed by atoms with Gasteiger partial charge in [-0.05, 0) is 12.1 Å². The lowest BCUT2D eigenvalue weighted by Crippen LogP contribution is -2.67. The Morgan fingerprint density at radius 2 is 1.53 bits per heavy atom. The van der Waals surface area contributed by atoms with Crippen molar-refractivity contribution in [3.8, 4) is 5.75 Å². The summed E-state index contributed by atoms with van der Waals surface area (Å²) in [4.78, 5) is 59.2. The number of amides is 1. The maximum atomic E-state index is 12.2. The number of hydrogen-bond donors (Lipinski definition) is 1. The van der Waals surface area contributed by atoms with Crippen molar-refractivity contribution < 1.29 is 52.4 Å². The van der Waals surface area contributed by atoms with Crippen molar-refractivity contribution >= 4 is 29.8 Å². The van der Waals surface area contributed by atoms with Gasteiger partial charge in [0.25, 0.3) is 0 Å². The highest BCUT2D eigenvalue weighted by Gasteiger charge is 2.52. The van der Waals surface area contributed by atoms with E-state index in [0.29, 0.717) is 0 Å². The molecule has 34 heavy (non-hydrogen) atoms. The smallest absolute Gasteiger partial charge is 0.341 e. The first kappa shape index (κ1) is 26.6. The van der Waals surface area contributed by atoms with Gasteiger partial charge in [-0.3, -0.25) is 19.2 Å². The van der Waals surface area contributed by atoms with Gasteiger partial charge in [-0.25, -0.2) is 4.79 Å². The predicted molar refractivity (Wildman–Crippen MR) is 112 cm³/mol. The number of methoxy groups -OCH3 is 1. The molecule has 186 valence electrons. The van der Waals surface area contributed by atoms with E-state index < -0.39 is 60.4 Å². The molecule has 0 bridgehead atoms. The lowest BCUT2D eigenvalue weighted by Gasteiger charge is -2.44. The molecule has 1 aromatic rings. The molecule has 0 aliphatic carbocycles. The largest absolute Gasteiger partial charge is 0.465 e. The second-order valence-corrected chi connectivity index (χ2v) is 7.33. The molecule has 2 rings (SSSR count). The van der Waals surface area contributed by atoms with Crippen molar-refractivity contribution in [2.75, 3.05) is 13.7 Å². The number of carbonyl (C=O) groups is 5. The zero-order valence-corrected chi connectivity index (χ0v) is 19.4. The van der Waals surface area contributed by atoms with Crippen molar-refractivity contribution in [3.63, 3.8) is 0 Å². The summed E-state index contributed by atoms with van der Waals surface area (Å²) >= 11 is 0. The molecule has 12 heteroatoms. The Morgan fingerprint density at radius 1 is 0.912 bits per heavy atom. The van der Waals surface area contributed by atoms with Crippen LogP contribution in [0.15, 0.2) is 24.3 Å². The maximum absolute atomic E-state index is 12.2. The van der Waals surface area contributed by atoms with Crippen LogP contribution in [-0.4, -0.2) is 74.1 Å². The van der Waals surface area contributed by atoms with E-state index in [1.54, 1.807) is 12.1 Å². The summed E-state index contributed by atoms with van der Waals surface area (Å²) in [7, 11) is 1.20. The number of carbonyl (C=O) groups excluding carboxylic acids is 5. The van der Waals surface area contributed by atoms with Gasteiger partial charge in [0.2, 0.25) is 12.2 Å². The highest BCUT2D eigenvalue weighted by atomic mass is 16.7. The van der Waals surface area contributed by atoms with E-state index in [1.165, 1.54) is 33.1 Å². The van der Waals surface area contributed by atoms with Crippen LogP contribution in [0.5, 0.6) is 5.75 Å². The fourth-order valence-corrected chi connectivity index (χ4v) is 3.36. The van der Waals surface area contributed by atoms with E-state index in [4.69, 9.17) is 28.4 Å². The Morgan fingerprint density at radius 3 is 2.09 bits per heavy atom. The van der Waals surface area contributed by atoms with Crippen molar-refractivity contribution in [2.45, 2.75) is 58.3 Å². The highest BCUT2D eigenvalue weighted by Crippen LogP contribution is 2.30. The molecule has 1 saturated heterocycles. The first-order valence-electron chi connectivity index (χ1n) is 10.3. The molecule has 1 aliphatic heterocycles. The minimum Gasteiger partial charge on any atom is -0.465 e. The Balaban J connectivity index is 2.52. The van der Waals surface area contributed by atoms with Crippen LogP contribution < -0.4 is 10.1 Å². The summed E-state index contributed by atoms with van der Waals surface area (Å²) in [6, 6.07) is 4.94. The molecular weight excluding hydrogens is 454 g/mol. The number of rotatable bonds is 8. The lowest BCUT2D eigenvalue weighted by atomic mass is 9.96. The molecule has 0 saturated carbocycles. The van der Waals surface area contributed by atoms with Gasteiger partial charge in [0, 0.05) is 27.7 Å². The zero-order valence-electron chi connectivity index (χ0n) is 19.4. The zero-order chi connectivity index (χ0) is 25.4. The van der Waals surface area contributed by atoms with Crippen molar-refractivity contribution in [1.82, 2.24) is 5.32 Å². The maximum Gasteiger partial charge on any atom is 0.341 e. The molecule has 5 atom stereocenters. The molecule has 12 nitrogen and oxygen atoms in total. The van der Waals surface area contributed by atoms with Crippen LogP contribution in [0.2, 0.25) is 0 Å². The van der Waals surface area contributed by atoms with Crippen LogP contribution in [0.1, 0.15) is 38.1 Å². The van der Waals surface area contributed by atoms with E-state index in [2.05, 4.69) is 5.32 Å².